The molecule has 0 aromatic heterocycles. The molecule has 0 saturated heterocycles. The molecular weight excluding hydrogens is 236 g/mol. The first-order valence-corrected chi connectivity index (χ1v) is 7.96. The zero-order chi connectivity index (χ0) is 14.5. The third-order valence-corrected chi connectivity index (χ3v) is 5.07. The molecular formula is C16H32N2O. The Bertz CT molecular complexity index is 280. The number of urea groups is 1. The van der Waals surface area contributed by atoms with E-state index in [1.165, 1.54) is 19.3 Å². The van der Waals surface area contributed by atoms with Crippen LogP contribution in [0.3, 0.4) is 0 Å². The van der Waals surface area contributed by atoms with Crippen LogP contribution in [0.15, 0.2) is 0 Å². The number of carbonyl (C=O) groups excluding carboxylic acids is 1. The van der Waals surface area contributed by atoms with E-state index in [0.29, 0.717) is 11.5 Å². The smallest absolute Gasteiger partial charge is 0.315 e. The van der Waals surface area contributed by atoms with E-state index in [0.717, 1.165) is 25.2 Å². The largest absolute Gasteiger partial charge is 0.336 e. The van der Waals surface area contributed by atoms with Crippen LogP contribution >= 0.6 is 0 Å². The van der Waals surface area contributed by atoms with Crippen LogP contribution in [0.4, 0.5) is 4.79 Å². The van der Waals surface area contributed by atoms with E-state index in [-0.39, 0.29) is 12.1 Å². The molecule has 1 aliphatic rings. The molecule has 2 N–H and O–H groups in total. The van der Waals surface area contributed by atoms with Crippen LogP contribution < -0.4 is 10.6 Å². The van der Waals surface area contributed by atoms with E-state index < -0.39 is 0 Å². The van der Waals surface area contributed by atoms with Crippen molar-refractivity contribution in [2.75, 3.05) is 0 Å². The Balaban J connectivity index is 2.32. The normalized spacial score (nSPS) is 25.7. The first-order chi connectivity index (χ1) is 8.89. The molecule has 1 unspecified atom stereocenters. The van der Waals surface area contributed by atoms with Crippen molar-refractivity contribution in [3.05, 3.63) is 0 Å². The summed E-state index contributed by atoms with van der Waals surface area (Å²) in [7, 11) is 0. The molecule has 0 aromatic carbocycles. The molecule has 0 radical (unpaired) electrons. The Hall–Kier alpha value is -0.730. The summed E-state index contributed by atoms with van der Waals surface area (Å²) in [5.74, 6) is 0.813. The van der Waals surface area contributed by atoms with Crippen LogP contribution in [0.1, 0.15) is 73.1 Å². The summed E-state index contributed by atoms with van der Waals surface area (Å²) in [5.41, 5.74) is 0.448. The molecule has 0 heterocycles. The second kappa shape index (κ2) is 7.16. The van der Waals surface area contributed by atoms with Crippen molar-refractivity contribution in [1.82, 2.24) is 10.6 Å². The molecule has 2 amide bonds. The highest BCUT2D eigenvalue weighted by molar-refractivity contribution is 5.74. The van der Waals surface area contributed by atoms with Gasteiger partial charge in [0, 0.05) is 12.1 Å². The second-order valence-electron chi connectivity index (χ2n) is 6.82. The number of amides is 2. The molecule has 112 valence electrons. The van der Waals surface area contributed by atoms with Crippen molar-refractivity contribution in [3.8, 4) is 0 Å². The zero-order valence-electron chi connectivity index (χ0n) is 13.4. The minimum atomic E-state index is 0.00699. The fraction of sp³-hybridized carbons (Fsp3) is 0.938. The van der Waals surface area contributed by atoms with Gasteiger partial charge in [0.1, 0.15) is 0 Å². The van der Waals surface area contributed by atoms with Gasteiger partial charge in [0.15, 0.2) is 0 Å². The average Bonchev–Trinajstić information content (AvgIpc) is 2.39. The van der Waals surface area contributed by atoms with Crippen LogP contribution in [-0.2, 0) is 0 Å². The topological polar surface area (TPSA) is 41.1 Å². The van der Waals surface area contributed by atoms with E-state index in [2.05, 4.69) is 38.3 Å². The van der Waals surface area contributed by atoms with Crippen molar-refractivity contribution < 1.29 is 4.79 Å². The van der Waals surface area contributed by atoms with Gasteiger partial charge in [-0.2, -0.15) is 0 Å². The van der Waals surface area contributed by atoms with Gasteiger partial charge in [-0.3, -0.25) is 0 Å². The van der Waals surface area contributed by atoms with Gasteiger partial charge in [0.05, 0.1) is 0 Å². The number of nitrogens with one attached hydrogen (secondary N) is 2. The van der Waals surface area contributed by atoms with Gasteiger partial charge >= 0.3 is 6.03 Å². The van der Waals surface area contributed by atoms with Crippen LogP contribution in [0.2, 0.25) is 0 Å². The molecule has 0 spiro atoms. The van der Waals surface area contributed by atoms with Gasteiger partial charge in [-0.25, -0.2) is 4.79 Å². The minimum Gasteiger partial charge on any atom is -0.336 e. The van der Waals surface area contributed by atoms with Crippen molar-refractivity contribution in [2.24, 2.45) is 11.3 Å². The van der Waals surface area contributed by atoms with Crippen molar-refractivity contribution in [3.63, 3.8) is 0 Å². The Morgan fingerprint density at radius 1 is 1.21 bits per heavy atom. The van der Waals surface area contributed by atoms with Crippen LogP contribution in [0, 0.1) is 11.3 Å². The molecule has 0 aliphatic heterocycles. The fourth-order valence-electron chi connectivity index (χ4n) is 2.86. The Morgan fingerprint density at radius 2 is 1.79 bits per heavy atom. The number of hydrogen-bond donors (Lipinski definition) is 2. The SMILES string of the molecule is CCC(C)NC(=O)NC1CCC(C(C)(C)CC)CC1. The summed E-state index contributed by atoms with van der Waals surface area (Å²) in [5, 5.41) is 6.10. The van der Waals surface area contributed by atoms with E-state index in [1.807, 2.05) is 6.92 Å². The van der Waals surface area contributed by atoms with Crippen molar-refractivity contribution >= 4 is 6.03 Å². The molecule has 0 aromatic rings. The van der Waals surface area contributed by atoms with Gasteiger partial charge < -0.3 is 10.6 Å². The average molecular weight is 268 g/mol. The lowest BCUT2D eigenvalue weighted by molar-refractivity contribution is 0.138. The van der Waals surface area contributed by atoms with Crippen molar-refractivity contribution in [2.45, 2.75) is 85.2 Å². The summed E-state index contributed by atoms with van der Waals surface area (Å²) in [6.07, 6.45) is 6.96. The summed E-state index contributed by atoms with van der Waals surface area (Å²) in [4.78, 5) is 11.8. The molecule has 1 fully saturated rings. The van der Waals surface area contributed by atoms with Crippen LogP contribution in [-0.4, -0.2) is 18.1 Å². The lowest BCUT2D eigenvalue weighted by Gasteiger charge is -2.39. The lowest BCUT2D eigenvalue weighted by atomic mass is 9.69. The second-order valence-corrected chi connectivity index (χ2v) is 6.82. The van der Waals surface area contributed by atoms with Gasteiger partial charge in [-0.15, -0.1) is 0 Å². The summed E-state index contributed by atoms with van der Waals surface area (Å²) in [6.45, 7) is 11.2. The predicted octanol–water partition coefficient (Wildman–Crippen LogP) is 4.08. The van der Waals surface area contributed by atoms with Gasteiger partial charge in [0.2, 0.25) is 0 Å². The maximum absolute atomic E-state index is 11.8. The highest BCUT2D eigenvalue weighted by Gasteiger charge is 2.32. The van der Waals surface area contributed by atoms with E-state index in [9.17, 15) is 4.79 Å². The van der Waals surface area contributed by atoms with Gasteiger partial charge in [0.25, 0.3) is 0 Å². The van der Waals surface area contributed by atoms with Gasteiger partial charge in [-0.1, -0.05) is 34.1 Å². The molecule has 1 aliphatic carbocycles. The van der Waals surface area contributed by atoms with E-state index in [1.54, 1.807) is 0 Å². The van der Waals surface area contributed by atoms with Crippen LogP contribution in [0.5, 0.6) is 0 Å². The molecule has 3 nitrogen and oxygen atoms in total. The highest BCUT2D eigenvalue weighted by Crippen LogP contribution is 2.40. The maximum Gasteiger partial charge on any atom is 0.315 e. The first-order valence-electron chi connectivity index (χ1n) is 7.96. The highest BCUT2D eigenvalue weighted by atomic mass is 16.2. The third-order valence-electron chi connectivity index (χ3n) is 5.07. The van der Waals surface area contributed by atoms with Crippen molar-refractivity contribution in [1.29, 1.82) is 0 Å². The molecule has 1 atom stereocenters. The number of carbonyl (C=O) groups is 1. The van der Waals surface area contributed by atoms with Gasteiger partial charge in [-0.05, 0) is 50.4 Å². The molecule has 1 rings (SSSR count). The first kappa shape index (κ1) is 16.3. The third kappa shape index (κ3) is 5.04. The molecule has 3 heteroatoms. The Labute approximate surface area is 118 Å². The van der Waals surface area contributed by atoms with E-state index in [4.69, 9.17) is 0 Å². The van der Waals surface area contributed by atoms with Crippen LogP contribution in [0.25, 0.3) is 0 Å². The van der Waals surface area contributed by atoms with E-state index >= 15 is 0 Å². The minimum absolute atomic E-state index is 0.00699. The number of rotatable bonds is 5. The Kier molecular flexibility index (Phi) is 6.15. The molecule has 19 heavy (non-hydrogen) atoms. The summed E-state index contributed by atoms with van der Waals surface area (Å²) >= 11 is 0. The fourth-order valence-corrected chi connectivity index (χ4v) is 2.86. The Morgan fingerprint density at radius 3 is 2.26 bits per heavy atom. The molecule has 0 bridgehead atoms. The standard InChI is InChI=1S/C16H32N2O/c1-6-12(3)17-15(19)18-14-10-8-13(9-11-14)16(4,5)7-2/h12-14H,6-11H2,1-5H3,(H2,17,18,19). The number of hydrogen-bond acceptors (Lipinski definition) is 1. The lowest BCUT2D eigenvalue weighted by Crippen LogP contribution is -2.47. The zero-order valence-corrected chi connectivity index (χ0v) is 13.4. The maximum atomic E-state index is 11.8. The monoisotopic (exact) mass is 268 g/mol. The quantitative estimate of drug-likeness (QED) is 0.775. The predicted molar refractivity (Wildman–Crippen MR) is 81.2 cm³/mol. The molecule has 1 saturated carbocycles. The summed E-state index contributed by atoms with van der Waals surface area (Å²) in [6, 6.07) is 0.635. The summed E-state index contributed by atoms with van der Waals surface area (Å²) < 4.78 is 0.